The van der Waals surface area contributed by atoms with Crippen LogP contribution in [-0.2, 0) is 0 Å². The van der Waals surface area contributed by atoms with E-state index in [2.05, 4.69) is 0 Å². The lowest BCUT2D eigenvalue weighted by atomic mass is 9.89. The van der Waals surface area contributed by atoms with Crippen LogP contribution in [0.2, 0.25) is 0 Å². The molecule has 0 saturated carbocycles. The minimum Gasteiger partial charge on any atom is -0.391 e. The van der Waals surface area contributed by atoms with Gasteiger partial charge < -0.3 is 14.9 Å². The first-order valence-corrected chi connectivity index (χ1v) is 5.00. The number of amides is 2. The molecule has 2 amide bonds. The van der Waals surface area contributed by atoms with Crippen molar-refractivity contribution < 1.29 is 9.90 Å². The second kappa shape index (κ2) is 3.77. The molecular formula is C10H20N2O2. The molecule has 82 valence electrons. The number of hydrogen-bond donors (Lipinski definition) is 1. The van der Waals surface area contributed by atoms with Gasteiger partial charge in [0.2, 0.25) is 0 Å². The van der Waals surface area contributed by atoms with Crippen molar-refractivity contribution in [1.82, 2.24) is 9.80 Å². The Labute approximate surface area is 85.5 Å². The van der Waals surface area contributed by atoms with Crippen LogP contribution in [0, 0.1) is 5.41 Å². The molecule has 1 heterocycles. The third-order valence-electron chi connectivity index (χ3n) is 2.70. The van der Waals surface area contributed by atoms with Crippen molar-refractivity contribution >= 4 is 6.03 Å². The maximum absolute atomic E-state index is 11.5. The first-order chi connectivity index (χ1) is 6.32. The first-order valence-electron chi connectivity index (χ1n) is 5.00. The highest BCUT2D eigenvalue weighted by Gasteiger charge is 2.31. The van der Waals surface area contributed by atoms with Crippen LogP contribution >= 0.6 is 0 Å². The first kappa shape index (κ1) is 11.3. The molecule has 14 heavy (non-hydrogen) atoms. The van der Waals surface area contributed by atoms with E-state index in [1.54, 1.807) is 16.8 Å². The zero-order chi connectivity index (χ0) is 10.9. The summed E-state index contributed by atoms with van der Waals surface area (Å²) in [5.41, 5.74) is -0.165. The predicted octanol–water partition coefficient (Wildman–Crippen LogP) is 0.761. The quantitative estimate of drug-likeness (QED) is 0.715. The standard InChI is InChI=1S/C10H20N2O2/c1-10(2,3)8(13)7-12-6-5-11(4)9(12)14/h8,13H,5-7H2,1-4H3. The fourth-order valence-corrected chi connectivity index (χ4v) is 1.36. The molecule has 1 atom stereocenters. The largest absolute Gasteiger partial charge is 0.391 e. The van der Waals surface area contributed by atoms with Gasteiger partial charge in [-0.2, -0.15) is 0 Å². The molecule has 0 radical (unpaired) electrons. The zero-order valence-electron chi connectivity index (χ0n) is 9.45. The normalized spacial score (nSPS) is 20.5. The van der Waals surface area contributed by atoms with Crippen LogP contribution in [0.25, 0.3) is 0 Å². The number of nitrogens with zero attached hydrogens (tertiary/aromatic N) is 2. The van der Waals surface area contributed by atoms with Crippen molar-refractivity contribution in [2.75, 3.05) is 26.7 Å². The summed E-state index contributed by atoms with van der Waals surface area (Å²) in [6.45, 7) is 7.84. The zero-order valence-corrected chi connectivity index (χ0v) is 9.45. The van der Waals surface area contributed by atoms with E-state index in [0.29, 0.717) is 6.54 Å². The number of carbonyl (C=O) groups is 1. The van der Waals surface area contributed by atoms with Crippen LogP contribution in [0.4, 0.5) is 4.79 Å². The van der Waals surface area contributed by atoms with Gasteiger partial charge in [0.05, 0.1) is 6.10 Å². The lowest BCUT2D eigenvalue weighted by molar-refractivity contribution is 0.0411. The molecule has 1 saturated heterocycles. The molecule has 1 rings (SSSR count). The van der Waals surface area contributed by atoms with Crippen molar-refractivity contribution in [2.24, 2.45) is 5.41 Å². The topological polar surface area (TPSA) is 43.8 Å². The van der Waals surface area contributed by atoms with Crippen LogP contribution in [0.1, 0.15) is 20.8 Å². The Hall–Kier alpha value is -0.770. The molecule has 0 bridgehead atoms. The molecule has 4 heteroatoms. The summed E-state index contributed by atoms with van der Waals surface area (Å²) >= 11 is 0. The third-order valence-corrected chi connectivity index (χ3v) is 2.70. The van der Waals surface area contributed by atoms with E-state index in [0.717, 1.165) is 13.1 Å². The van der Waals surface area contributed by atoms with Gasteiger partial charge in [-0.3, -0.25) is 0 Å². The highest BCUT2D eigenvalue weighted by molar-refractivity contribution is 5.76. The summed E-state index contributed by atoms with van der Waals surface area (Å²) in [4.78, 5) is 14.9. The molecule has 0 aliphatic carbocycles. The van der Waals surface area contributed by atoms with Crippen LogP contribution in [0.3, 0.4) is 0 Å². The van der Waals surface area contributed by atoms with Crippen molar-refractivity contribution in [2.45, 2.75) is 26.9 Å². The molecule has 0 aromatic carbocycles. The molecule has 1 fully saturated rings. The summed E-state index contributed by atoms with van der Waals surface area (Å²) < 4.78 is 0. The fourth-order valence-electron chi connectivity index (χ4n) is 1.36. The smallest absolute Gasteiger partial charge is 0.319 e. The molecule has 1 unspecified atom stereocenters. The van der Waals surface area contributed by atoms with E-state index in [4.69, 9.17) is 0 Å². The Morgan fingerprint density at radius 1 is 1.43 bits per heavy atom. The van der Waals surface area contributed by atoms with Crippen molar-refractivity contribution in [3.8, 4) is 0 Å². The monoisotopic (exact) mass is 200 g/mol. The molecule has 4 nitrogen and oxygen atoms in total. The molecule has 0 spiro atoms. The number of likely N-dealkylation sites (N-methyl/N-ethyl adjacent to an activating group) is 1. The van der Waals surface area contributed by atoms with Crippen molar-refractivity contribution in [3.05, 3.63) is 0 Å². The summed E-state index contributed by atoms with van der Waals surface area (Å²) in [6.07, 6.45) is -0.460. The number of hydrogen-bond acceptors (Lipinski definition) is 2. The van der Waals surface area contributed by atoms with Gasteiger partial charge in [-0.05, 0) is 5.41 Å². The number of carbonyl (C=O) groups excluding carboxylic acids is 1. The summed E-state index contributed by atoms with van der Waals surface area (Å²) in [6, 6.07) is 0.0216. The van der Waals surface area contributed by atoms with Crippen molar-refractivity contribution in [3.63, 3.8) is 0 Å². The second-order valence-electron chi connectivity index (χ2n) is 5.03. The average Bonchev–Trinajstić information content (AvgIpc) is 2.34. The number of rotatable bonds is 2. The molecule has 1 N–H and O–H groups in total. The highest BCUT2D eigenvalue weighted by atomic mass is 16.3. The summed E-state index contributed by atoms with van der Waals surface area (Å²) in [7, 11) is 1.78. The number of urea groups is 1. The van der Waals surface area contributed by atoms with E-state index in [1.807, 2.05) is 20.8 Å². The fraction of sp³-hybridized carbons (Fsp3) is 0.900. The Bertz CT molecular complexity index is 223. The van der Waals surface area contributed by atoms with Gasteiger partial charge in [-0.15, -0.1) is 0 Å². The van der Waals surface area contributed by atoms with Crippen LogP contribution < -0.4 is 0 Å². The van der Waals surface area contributed by atoms with Gasteiger partial charge in [-0.25, -0.2) is 4.79 Å². The lowest BCUT2D eigenvalue weighted by Gasteiger charge is -2.29. The van der Waals surface area contributed by atoms with E-state index >= 15 is 0 Å². The molecule has 1 aliphatic heterocycles. The van der Waals surface area contributed by atoms with Gasteiger partial charge >= 0.3 is 6.03 Å². The van der Waals surface area contributed by atoms with Crippen LogP contribution in [0.5, 0.6) is 0 Å². The van der Waals surface area contributed by atoms with Gasteiger partial charge in [-0.1, -0.05) is 20.8 Å². The lowest BCUT2D eigenvalue weighted by Crippen LogP contribution is -2.41. The van der Waals surface area contributed by atoms with Gasteiger partial charge in [0.15, 0.2) is 0 Å². The Morgan fingerprint density at radius 2 is 2.00 bits per heavy atom. The van der Waals surface area contributed by atoms with Crippen LogP contribution in [-0.4, -0.2) is 53.7 Å². The highest BCUT2D eigenvalue weighted by Crippen LogP contribution is 2.21. The van der Waals surface area contributed by atoms with Crippen LogP contribution in [0.15, 0.2) is 0 Å². The van der Waals surface area contributed by atoms with Gasteiger partial charge in [0.25, 0.3) is 0 Å². The predicted molar refractivity (Wildman–Crippen MR) is 55.1 cm³/mol. The molecule has 0 aromatic heterocycles. The SMILES string of the molecule is CN1CCN(CC(O)C(C)(C)C)C1=O. The third kappa shape index (κ3) is 2.38. The number of aliphatic hydroxyl groups is 1. The second-order valence-corrected chi connectivity index (χ2v) is 5.03. The molecule has 0 aromatic rings. The van der Waals surface area contributed by atoms with Gasteiger partial charge in [0.1, 0.15) is 0 Å². The minimum absolute atomic E-state index is 0.0216. The maximum atomic E-state index is 11.5. The molecular weight excluding hydrogens is 180 g/mol. The van der Waals surface area contributed by atoms with E-state index in [1.165, 1.54) is 0 Å². The Balaban J connectivity index is 2.50. The van der Waals surface area contributed by atoms with E-state index < -0.39 is 6.10 Å². The Kier molecular flexibility index (Phi) is 3.04. The van der Waals surface area contributed by atoms with Gasteiger partial charge in [0, 0.05) is 26.7 Å². The summed E-state index contributed by atoms with van der Waals surface area (Å²) in [5, 5.41) is 9.84. The van der Waals surface area contributed by atoms with E-state index in [9.17, 15) is 9.90 Å². The minimum atomic E-state index is -0.460. The molecule has 1 aliphatic rings. The van der Waals surface area contributed by atoms with Crippen molar-refractivity contribution in [1.29, 1.82) is 0 Å². The number of β-amino-alcohol motifs (C(OH)–C–C–N with tert-alkyl or cyclic N) is 1. The number of aliphatic hydroxyl groups excluding tert-OH is 1. The maximum Gasteiger partial charge on any atom is 0.319 e. The Morgan fingerprint density at radius 3 is 2.36 bits per heavy atom. The summed E-state index contributed by atoms with van der Waals surface area (Å²) in [5.74, 6) is 0. The van der Waals surface area contributed by atoms with E-state index in [-0.39, 0.29) is 11.4 Å². The average molecular weight is 200 g/mol.